The number of fused-ring (bicyclic) bond motifs is 1. The number of halogens is 3. The summed E-state index contributed by atoms with van der Waals surface area (Å²) in [5.74, 6) is -1.44. The second-order valence-corrected chi connectivity index (χ2v) is 12.5. The lowest BCUT2D eigenvalue weighted by atomic mass is 9.96. The summed E-state index contributed by atoms with van der Waals surface area (Å²) in [6, 6.07) is 14.2. The molecule has 0 atom stereocenters. The van der Waals surface area contributed by atoms with E-state index in [9.17, 15) is 26.4 Å². The number of carbonyl (C=O) groups is 1. The normalized spacial score (nSPS) is 15.9. The van der Waals surface area contributed by atoms with Crippen molar-refractivity contribution in [3.05, 3.63) is 65.4 Å². The largest absolute Gasteiger partial charge is 0.391 e. The molecule has 0 bridgehead atoms. The third-order valence-electron chi connectivity index (χ3n) is 7.25. The van der Waals surface area contributed by atoms with E-state index in [2.05, 4.69) is 28.6 Å². The average Bonchev–Trinajstić information content (AvgIpc) is 3.24. The van der Waals surface area contributed by atoms with E-state index in [-0.39, 0.29) is 42.0 Å². The van der Waals surface area contributed by atoms with Crippen LogP contribution in [0.5, 0.6) is 0 Å². The summed E-state index contributed by atoms with van der Waals surface area (Å²) in [4.78, 5) is 15.2. The molecule has 1 aromatic heterocycles. The summed E-state index contributed by atoms with van der Waals surface area (Å²) in [6.45, 7) is 7.36. The van der Waals surface area contributed by atoms with Crippen molar-refractivity contribution in [3.63, 3.8) is 0 Å². The van der Waals surface area contributed by atoms with E-state index in [1.54, 1.807) is 37.3 Å². The summed E-state index contributed by atoms with van der Waals surface area (Å²) in [5, 5.41) is 3.79. The van der Waals surface area contributed by atoms with Crippen molar-refractivity contribution in [2.75, 3.05) is 18.8 Å². The Labute approximate surface area is 221 Å². The van der Waals surface area contributed by atoms with Crippen molar-refractivity contribution in [1.29, 1.82) is 0 Å². The van der Waals surface area contributed by atoms with Crippen molar-refractivity contribution >= 4 is 26.6 Å². The second-order valence-electron chi connectivity index (χ2n) is 10.2. The van der Waals surface area contributed by atoms with Gasteiger partial charge in [-0.15, -0.1) is 0 Å². The molecule has 1 saturated heterocycles. The van der Waals surface area contributed by atoms with Crippen LogP contribution in [-0.2, 0) is 22.9 Å². The Morgan fingerprint density at radius 1 is 1.05 bits per heavy atom. The molecule has 1 aliphatic rings. The van der Waals surface area contributed by atoms with E-state index in [1.165, 1.54) is 0 Å². The smallest absolute Gasteiger partial charge is 0.348 e. The Morgan fingerprint density at radius 2 is 1.71 bits per heavy atom. The molecule has 0 unspecified atom stereocenters. The molecule has 6 nitrogen and oxygen atoms in total. The number of carbonyl (C=O) groups excluding carboxylic acids is 1. The topological polar surface area (TPSA) is 71.4 Å². The van der Waals surface area contributed by atoms with Crippen LogP contribution in [-0.4, -0.2) is 48.8 Å². The maximum atomic E-state index is 13.1. The molecule has 206 valence electrons. The summed E-state index contributed by atoms with van der Waals surface area (Å²) in [6.07, 6.45) is -3.89. The summed E-state index contributed by atoms with van der Waals surface area (Å²) >= 11 is 0. The minimum Gasteiger partial charge on any atom is -0.348 e. The summed E-state index contributed by atoms with van der Waals surface area (Å²) in [7, 11) is -3.27. The van der Waals surface area contributed by atoms with Gasteiger partial charge in [-0.1, -0.05) is 19.1 Å². The van der Waals surface area contributed by atoms with Gasteiger partial charge < -0.3 is 9.88 Å². The molecule has 2 heterocycles. The van der Waals surface area contributed by atoms with Crippen LogP contribution in [0.25, 0.3) is 10.9 Å². The number of rotatable bonds is 8. The Hall–Kier alpha value is -2.85. The van der Waals surface area contributed by atoms with Crippen molar-refractivity contribution in [2.45, 2.75) is 63.8 Å². The molecule has 10 heteroatoms. The fourth-order valence-electron chi connectivity index (χ4n) is 5.08. The van der Waals surface area contributed by atoms with Gasteiger partial charge in [0.05, 0.1) is 16.6 Å². The van der Waals surface area contributed by atoms with Gasteiger partial charge in [-0.25, -0.2) is 8.42 Å². The van der Waals surface area contributed by atoms with E-state index >= 15 is 0 Å². The Morgan fingerprint density at radius 3 is 2.29 bits per heavy atom. The third kappa shape index (κ3) is 6.23. The van der Waals surface area contributed by atoms with Crippen molar-refractivity contribution in [1.82, 2.24) is 14.8 Å². The highest BCUT2D eigenvalue weighted by Crippen LogP contribution is 2.35. The zero-order valence-corrected chi connectivity index (χ0v) is 22.7. The Bertz CT molecular complexity index is 1390. The molecule has 0 saturated carbocycles. The molecule has 3 aromatic rings. The van der Waals surface area contributed by atoms with Crippen LogP contribution in [0.2, 0.25) is 0 Å². The lowest BCUT2D eigenvalue weighted by Crippen LogP contribution is -2.38. The fraction of sp³-hybridized carbons (Fsp3) is 0.464. The zero-order chi connectivity index (χ0) is 27.7. The molecule has 0 radical (unpaired) electrons. The van der Waals surface area contributed by atoms with Crippen LogP contribution in [0.3, 0.4) is 0 Å². The second kappa shape index (κ2) is 11.1. The zero-order valence-electron chi connectivity index (χ0n) is 21.9. The molecular formula is C28H34F3N3O3S. The van der Waals surface area contributed by atoms with Crippen LogP contribution >= 0.6 is 0 Å². The van der Waals surface area contributed by atoms with Gasteiger partial charge in [-0.05, 0) is 81.7 Å². The maximum Gasteiger partial charge on any atom is 0.391 e. The molecule has 0 aliphatic carbocycles. The van der Waals surface area contributed by atoms with Gasteiger partial charge in [0, 0.05) is 41.3 Å². The molecule has 1 fully saturated rings. The van der Waals surface area contributed by atoms with Gasteiger partial charge in [0.2, 0.25) is 0 Å². The first-order valence-electron chi connectivity index (χ1n) is 12.9. The van der Waals surface area contributed by atoms with Gasteiger partial charge in [0.1, 0.15) is 0 Å². The first kappa shape index (κ1) is 28.2. The molecular weight excluding hydrogens is 515 g/mol. The first-order valence-corrected chi connectivity index (χ1v) is 14.6. The molecule has 1 aliphatic heterocycles. The van der Waals surface area contributed by atoms with E-state index < -0.39 is 21.9 Å². The number of piperidine rings is 1. The SMILES string of the molecule is CCS(=O)(=O)c1ccc(CNC(=O)c2ccc3c(c2)cc(CN2CCC(C(F)(F)F)CC2)n3C(C)C)cc1. The minimum absolute atomic E-state index is 0.0301. The summed E-state index contributed by atoms with van der Waals surface area (Å²) < 4.78 is 65.3. The molecule has 2 aromatic carbocycles. The van der Waals surface area contributed by atoms with Gasteiger partial charge in [-0.3, -0.25) is 9.69 Å². The van der Waals surface area contributed by atoms with E-state index in [0.717, 1.165) is 22.2 Å². The number of hydrogen-bond acceptors (Lipinski definition) is 4. The minimum atomic E-state index is -4.13. The molecule has 0 spiro atoms. The third-order valence-corrected chi connectivity index (χ3v) is 9.00. The number of nitrogens with zero attached hydrogens (tertiary/aromatic N) is 2. The number of likely N-dealkylation sites (tertiary alicyclic amines) is 1. The van der Waals surface area contributed by atoms with Crippen LogP contribution in [0.15, 0.2) is 53.4 Å². The van der Waals surface area contributed by atoms with Crippen molar-refractivity contribution in [3.8, 4) is 0 Å². The van der Waals surface area contributed by atoms with Crippen LogP contribution in [0, 0.1) is 5.92 Å². The fourth-order valence-corrected chi connectivity index (χ4v) is 5.96. The number of nitrogens with one attached hydrogen (secondary N) is 1. The Balaban J connectivity index is 1.46. The molecule has 1 amide bonds. The quantitative estimate of drug-likeness (QED) is 0.390. The highest BCUT2D eigenvalue weighted by molar-refractivity contribution is 7.91. The average molecular weight is 550 g/mol. The van der Waals surface area contributed by atoms with Gasteiger partial charge in [-0.2, -0.15) is 13.2 Å². The maximum absolute atomic E-state index is 13.1. The highest BCUT2D eigenvalue weighted by Gasteiger charge is 2.41. The lowest BCUT2D eigenvalue weighted by molar-refractivity contribution is -0.185. The predicted octanol–water partition coefficient (Wildman–Crippen LogP) is 5.72. The van der Waals surface area contributed by atoms with Crippen LogP contribution in [0.4, 0.5) is 13.2 Å². The molecule has 4 rings (SSSR count). The molecule has 1 N–H and O–H groups in total. The number of sulfone groups is 1. The lowest BCUT2D eigenvalue weighted by Gasteiger charge is -2.33. The van der Waals surface area contributed by atoms with Gasteiger partial charge in [0.15, 0.2) is 9.84 Å². The van der Waals surface area contributed by atoms with E-state index in [1.807, 2.05) is 18.2 Å². The van der Waals surface area contributed by atoms with E-state index in [4.69, 9.17) is 0 Å². The van der Waals surface area contributed by atoms with Gasteiger partial charge in [0.25, 0.3) is 5.91 Å². The number of aromatic nitrogens is 1. The van der Waals surface area contributed by atoms with Crippen molar-refractivity contribution in [2.24, 2.45) is 5.92 Å². The number of benzene rings is 2. The predicted molar refractivity (Wildman–Crippen MR) is 142 cm³/mol. The summed E-state index contributed by atoms with van der Waals surface area (Å²) in [5.41, 5.74) is 3.28. The number of alkyl halides is 3. The van der Waals surface area contributed by atoms with Gasteiger partial charge >= 0.3 is 6.18 Å². The highest BCUT2D eigenvalue weighted by atomic mass is 32.2. The molecule has 38 heavy (non-hydrogen) atoms. The van der Waals surface area contributed by atoms with E-state index in [0.29, 0.717) is 25.2 Å². The number of amides is 1. The van der Waals surface area contributed by atoms with Crippen LogP contribution in [0.1, 0.15) is 61.3 Å². The first-order chi connectivity index (χ1) is 17.9. The standard InChI is InChI=1S/C28H34F3N3O3S/c1-4-38(36,37)25-8-5-20(6-9-25)17-32-27(35)21-7-10-26-22(15-21)16-24(34(26)19(2)3)18-33-13-11-23(12-14-33)28(29,30)31/h5-10,15-16,19,23H,4,11-14,17-18H2,1-3H3,(H,32,35). The Kier molecular flexibility index (Phi) is 8.23. The number of hydrogen-bond donors (Lipinski definition) is 1. The van der Waals surface area contributed by atoms with Crippen LogP contribution < -0.4 is 5.32 Å². The van der Waals surface area contributed by atoms with Crippen molar-refractivity contribution < 1.29 is 26.4 Å². The monoisotopic (exact) mass is 549 g/mol.